The van der Waals surface area contributed by atoms with Gasteiger partial charge in [0.2, 0.25) is 5.65 Å². The van der Waals surface area contributed by atoms with Gasteiger partial charge < -0.3 is 9.94 Å². The van der Waals surface area contributed by atoms with E-state index in [-0.39, 0.29) is 0 Å². The number of halogens is 1. The highest BCUT2D eigenvalue weighted by atomic mass is 127. The van der Waals surface area contributed by atoms with E-state index >= 15 is 0 Å². The minimum absolute atomic E-state index is 0.456. The second-order valence-corrected chi connectivity index (χ2v) is 4.62. The predicted molar refractivity (Wildman–Crippen MR) is 68.7 cm³/mol. The summed E-state index contributed by atoms with van der Waals surface area (Å²) in [7, 11) is 1.58. The maximum absolute atomic E-state index is 11.8. The number of fused-ring (bicyclic) bond motifs is 3. The van der Waals surface area contributed by atoms with Gasteiger partial charge in [0.25, 0.3) is 5.52 Å². The van der Waals surface area contributed by atoms with E-state index in [2.05, 4.69) is 32.8 Å². The molecule has 0 N–H and O–H groups in total. The van der Waals surface area contributed by atoms with Crippen molar-refractivity contribution in [2.75, 3.05) is 7.11 Å². The van der Waals surface area contributed by atoms with Crippen LogP contribution >= 0.6 is 22.6 Å². The highest BCUT2D eigenvalue weighted by Gasteiger charge is 2.15. The van der Waals surface area contributed by atoms with Crippen LogP contribution in [0.15, 0.2) is 24.4 Å². The van der Waals surface area contributed by atoms with E-state index in [0.29, 0.717) is 27.3 Å². The molecule has 0 amide bonds. The number of hydrogen-bond acceptors (Lipinski definition) is 4. The lowest BCUT2D eigenvalue weighted by molar-refractivity contribution is -0.640. The van der Waals surface area contributed by atoms with Gasteiger partial charge in [-0.1, -0.05) is 0 Å². The first kappa shape index (κ1) is 10.5. The molecule has 0 radical (unpaired) electrons. The second kappa shape index (κ2) is 3.69. The van der Waals surface area contributed by atoms with E-state index < -0.39 is 0 Å². The molecule has 7 heteroatoms. The molecule has 0 spiro atoms. The van der Waals surface area contributed by atoms with Gasteiger partial charge in [-0.2, -0.15) is 5.10 Å². The second-order valence-electron chi connectivity index (χ2n) is 3.46. The zero-order valence-corrected chi connectivity index (χ0v) is 11.0. The molecule has 86 valence electrons. The standard InChI is InChI=1S/C10H7IN4O2/c1-17-6-2-3-8-9(4-6)14-10(13-15(8)16)7(11)5-12-14/h2-5H,1H3. The minimum atomic E-state index is 0.456. The van der Waals surface area contributed by atoms with Crippen LogP contribution in [0.2, 0.25) is 0 Å². The van der Waals surface area contributed by atoms with Crippen molar-refractivity contribution < 1.29 is 9.58 Å². The Kier molecular flexibility index (Phi) is 2.28. The van der Waals surface area contributed by atoms with Gasteiger partial charge in [0.05, 0.1) is 16.9 Å². The summed E-state index contributed by atoms with van der Waals surface area (Å²) >= 11 is 2.09. The molecule has 2 aromatic heterocycles. The smallest absolute Gasteiger partial charge is 0.270 e. The third kappa shape index (κ3) is 1.49. The molecule has 2 heterocycles. The third-order valence-corrected chi connectivity index (χ3v) is 3.26. The number of nitrogens with zero attached hydrogens (tertiary/aromatic N) is 4. The molecule has 3 rings (SSSR count). The maximum atomic E-state index is 11.8. The summed E-state index contributed by atoms with van der Waals surface area (Å²) in [5.41, 5.74) is 1.67. The lowest BCUT2D eigenvalue weighted by Crippen LogP contribution is -2.33. The van der Waals surface area contributed by atoms with Gasteiger partial charge >= 0.3 is 0 Å². The van der Waals surface area contributed by atoms with Crippen LogP contribution in [0, 0.1) is 8.78 Å². The normalized spacial score (nSPS) is 11.2. The SMILES string of the molecule is COc1ccc2c(c1)n1ncc(I)c1n[n+]2[O-]. The van der Waals surface area contributed by atoms with Crippen molar-refractivity contribution in [3.63, 3.8) is 0 Å². The Bertz CT molecular complexity index is 725. The van der Waals surface area contributed by atoms with Crippen LogP contribution in [0.5, 0.6) is 5.75 Å². The van der Waals surface area contributed by atoms with Crippen molar-refractivity contribution in [1.82, 2.24) is 14.7 Å². The molecule has 0 saturated carbocycles. The summed E-state index contributed by atoms with van der Waals surface area (Å²) in [6, 6.07) is 5.16. The number of benzene rings is 1. The van der Waals surface area contributed by atoms with Crippen molar-refractivity contribution in [2.45, 2.75) is 0 Å². The number of rotatable bonds is 1. The molecular formula is C10H7IN4O2. The first-order valence-corrected chi connectivity index (χ1v) is 5.89. The van der Waals surface area contributed by atoms with Crippen molar-refractivity contribution in [3.05, 3.63) is 33.2 Å². The molecule has 0 saturated heterocycles. The zero-order valence-electron chi connectivity index (χ0n) is 8.79. The summed E-state index contributed by atoms with van der Waals surface area (Å²) in [4.78, 5) is 0.605. The molecule has 17 heavy (non-hydrogen) atoms. The highest BCUT2D eigenvalue weighted by Crippen LogP contribution is 2.20. The van der Waals surface area contributed by atoms with Crippen molar-refractivity contribution in [1.29, 1.82) is 0 Å². The van der Waals surface area contributed by atoms with E-state index in [1.165, 1.54) is 0 Å². The van der Waals surface area contributed by atoms with Crippen LogP contribution < -0.4 is 9.58 Å². The molecule has 0 fully saturated rings. The quantitative estimate of drug-likeness (QED) is 0.378. The molecule has 0 aliphatic rings. The van der Waals surface area contributed by atoms with Gasteiger partial charge in [-0.25, -0.2) is 4.52 Å². The molecule has 3 aromatic rings. The van der Waals surface area contributed by atoms with Crippen molar-refractivity contribution in [3.8, 4) is 5.75 Å². The number of hydrogen-bond donors (Lipinski definition) is 0. The third-order valence-electron chi connectivity index (χ3n) is 2.50. The van der Waals surface area contributed by atoms with E-state index in [1.54, 1.807) is 36.0 Å². The topological polar surface area (TPSA) is 66.4 Å². The van der Waals surface area contributed by atoms with Crippen LogP contribution in [0.25, 0.3) is 16.7 Å². The number of ether oxygens (including phenoxy) is 1. The number of aromatic nitrogens is 4. The Balaban J connectivity index is 2.52. The van der Waals surface area contributed by atoms with E-state index in [1.807, 2.05) is 0 Å². The lowest BCUT2D eigenvalue weighted by atomic mass is 10.3. The maximum Gasteiger partial charge on any atom is 0.270 e. The van der Waals surface area contributed by atoms with Crippen LogP contribution in [0.1, 0.15) is 0 Å². The fraction of sp³-hybridized carbons (Fsp3) is 0.100. The van der Waals surface area contributed by atoms with Gasteiger partial charge in [0, 0.05) is 17.2 Å². The predicted octanol–water partition coefficient (Wildman–Crippen LogP) is 1.13. The molecule has 0 aliphatic carbocycles. The van der Waals surface area contributed by atoms with Crippen molar-refractivity contribution in [2.24, 2.45) is 0 Å². The first-order chi connectivity index (χ1) is 8.20. The molecule has 0 aliphatic heterocycles. The zero-order chi connectivity index (χ0) is 12.0. The van der Waals surface area contributed by atoms with Gasteiger partial charge in [0.15, 0.2) is 0 Å². The Hall–Kier alpha value is -1.64. The molecule has 6 nitrogen and oxygen atoms in total. The number of methoxy groups -OCH3 is 1. The fourth-order valence-corrected chi connectivity index (χ4v) is 2.15. The van der Waals surface area contributed by atoms with Gasteiger partial charge in [-0.15, -0.1) is 0 Å². The first-order valence-electron chi connectivity index (χ1n) is 4.81. The van der Waals surface area contributed by atoms with Crippen LogP contribution in [-0.2, 0) is 0 Å². The van der Waals surface area contributed by atoms with Gasteiger partial charge in [-0.3, -0.25) is 0 Å². The van der Waals surface area contributed by atoms with Crippen LogP contribution in [0.3, 0.4) is 0 Å². The Morgan fingerprint density at radius 1 is 1.47 bits per heavy atom. The Morgan fingerprint density at radius 3 is 3.06 bits per heavy atom. The molecule has 0 bridgehead atoms. The van der Waals surface area contributed by atoms with Crippen LogP contribution in [-0.4, -0.2) is 21.8 Å². The largest absolute Gasteiger partial charge is 0.594 e. The molecule has 0 unspecified atom stereocenters. The Morgan fingerprint density at radius 2 is 2.29 bits per heavy atom. The Labute approximate surface area is 110 Å². The van der Waals surface area contributed by atoms with E-state index in [4.69, 9.17) is 4.74 Å². The van der Waals surface area contributed by atoms with Gasteiger partial charge in [-0.05, 0) is 33.5 Å². The van der Waals surface area contributed by atoms with Crippen molar-refractivity contribution >= 4 is 39.3 Å². The van der Waals surface area contributed by atoms with Crippen LogP contribution in [0.4, 0.5) is 0 Å². The lowest BCUT2D eigenvalue weighted by Gasteiger charge is -2.03. The van der Waals surface area contributed by atoms with Gasteiger partial charge in [0.1, 0.15) is 11.3 Å². The molecular weight excluding hydrogens is 335 g/mol. The summed E-state index contributed by atoms with van der Waals surface area (Å²) in [6.07, 6.45) is 1.67. The summed E-state index contributed by atoms with van der Waals surface area (Å²) < 4.78 is 7.61. The monoisotopic (exact) mass is 342 g/mol. The molecule has 0 atom stereocenters. The average molecular weight is 342 g/mol. The van der Waals surface area contributed by atoms with E-state index in [0.717, 1.165) is 3.57 Å². The summed E-state index contributed by atoms with van der Waals surface area (Å²) in [5.74, 6) is 0.676. The fourth-order valence-electron chi connectivity index (χ4n) is 1.69. The average Bonchev–Trinajstić information content (AvgIpc) is 2.71. The summed E-state index contributed by atoms with van der Waals surface area (Å²) in [6.45, 7) is 0. The molecule has 1 aromatic carbocycles. The minimum Gasteiger partial charge on any atom is -0.594 e. The van der Waals surface area contributed by atoms with E-state index in [9.17, 15) is 5.21 Å². The summed E-state index contributed by atoms with van der Waals surface area (Å²) in [5, 5.41) is 19.9. The highest BCUT2D eigenvalue weighted by molar-refractivity contribution is 14.1.